The zero-order valence-corrected chi connectivity index (χ0v) is 24.2. The lowest BCUT2D eigenvalue weighted by molar-refractivity contribution is -0.138. The van der Waals surface area contributed by atoms with Gasteiger partial charge in [-0.3, -0.25) is 13.9 Å². The first-order chi connectivity index (χ1) is 18.6. The molecule has 0 aliphatic heterocycles. The summed E-state index contributed by atoms with van der Waals surface area (Å²) in [6, 6.07) is 21.7. The second-order valence-electron chi connectivity index (χ2n) is 9.40. The number of carbonyl (C=O) groups is 2. The van der Waals surface area contributed by atoms with Crippen molar-refractivity contribution in [3.8, 4) is 0 Å². The van der Waals surface area contributed by atoms with Gasteiger partial charge in [-0.05, 0) is 62.1 Å². The predicted octanol–water partition coefficient (Wildman–Crippen LogP) is 5.22. The Balaban J connectivity index is 1.96. The van der Waals surface area contributed by atoms with Crippen molar-refractivity contribution in [3.05, 3.63) is 95.0 Å². The van der Waals surface area contributed by atoms with Gasteiger partial charge in [0, 0.05) is 18.1 Å². The highest BCUT2D eigenvalue weighted by Crippen LogP contribution is 2.28. The Labute approximate surface area is 236 Å². The van der Waals surface area contributed by atoms with Gasteiger partial charge in [-0.25, -0.2) is 8.42 Å². The SMILES string of the molecule is CCCCNC(=O)[C@@H](C)N(CCc1ccccc1)C(=O)CN(c1ccc(C)c(Cl)c1)S(=O)(=O)c1ccccc1. The molecule has 9 heteroatoms. The van der Waals surface area contributed by atoms with Crippen LogP contribution in [0.2, 0.25) is 5.02 Å². The third-order valence-corrected chi connectivity index (χ3v) is 8.73. The molecule has 1 N–H and O–H groups in total. The van der Waals surface area contributed by atoms with E-state index < -0.39 is 28.5 Å². The molecule has 0 radical (unpaired) electrons. The molecule has 0 bridgehead atoms. The molecule has 0 saturated heterocycles. The highest BCUT2D eigenvalue weighted by molar-refractivity contribution is 7.92. The van der Waals surface area contributed by atoms with Crippen LogP contribution in [-0.2, 0) is 26.0 Å². The van der Waals surface area contributed by atoms with Crippen LogP contribution in [0.4, 0.5) is 5.69 Å². The molecule has 3 aromatic rings. The zero-order chi connectivity index (χ0) is 28.4. The molecule has 1 atom stereocenters. The number of amides is 2. The van der Waals surface area contributed by atoms with Gasteiger partial charge in [0.25, 0.3) is 10.0 Å². The van der Waals surface area contributed by atoms with Crippen molar-refractivity contribution in [2.45, 2.75) is 51.0 Å². The molecule has 39 heavy (non-hydrogen) atoms. The van der Waals surface area contributed by atoms with E-state index in [1.165, 1.54) is 17.0 Å². The molecule has 0 fully saturated rings. The third kappa shape index (κ3) is 8.07. The fourth-order valence-corrected chi connectivity index (χ4v) is 5.69. The maximum absolute atomic E-state index is 13.9. The largest absolute Gasteiger partial charge is 0.354 e. The van der Waals surface area contributed by atoms with Crippen molar-refractivity contribution < 1.29 is 18.0 Å². The van der Waals surface area contributed by atoms with Crippen LogP contribution in [0, 0.1) is 6.92 Å². The Morgan fingerprint density at radius 1 is 0.974 bits per heavy atom. The Hall–Kier alpha value is -3.36. The number of carbonyl (C=O) groups excluding carboxylic acids is 2. The number of anilines is 1. The highest BCUT2D eigenvalue weighted by Gasteiger charge is 2.32. The standard InChI is InChI=1S/C30H36ClN3O4S/c1-4-5-19-32-30(36)24(3)33(20-18-25-12-8-6-9-13-25)29(35)22-34(26-17-16-23(2)28(31)21-26)39(37,38)27-14-10-7-11-15-27/h6-17,21,24H,4-5,18-20,22H2,1-3H3,(H,32,36)/t24-/m1/s1. The van der Waals surface area contributed by atoms with Gasteiger partial charge >= 0.3 is 0 Å². The molecule has 0 aliphatic carbocycles. The number of benzene rings is 3. The van der Waals surface area contributed by atoms with Gasteiger partial charge in [0.1, 0.15) is 12.6 Å². The monoisotopic (exact) mass is 569 g/mol. The number of halogens is 1. The molecule has 2 amide bonds. The summed E-state index contributed by atoms with van der Waals surface area (Å²) in [7, 11) is -4.12. The summed E-state index contributed by atoms with van der Waals surface area (Å²) >= 11 is 6.35. The number of nitrogens with one attached hydrogen (secondary N) is 1. The average molecular weight is 570 g/mol. The van der Waals surface area contributed by atoms with Gasteiger partial charge in [-0.1, -0.05) is 79.5 Å². The topological polar surface area (TPSA) is 86.8 Å². The first kappa shape index (κ1) is 30.2. The summed E-state index contributed by atoms with van der Waals surface area (Å²) in [5, 5.41) is 3.28. The molecule has 0 aliphatic rings. The van der Waals surface area contributed by atoms with Crippen LogP contribution in [-0.4, -0.2) is 50.8 Å². The molecule has 0 heterocycles. The van der Waals surface area contributed by atoms with Crippen molar-refractivity contribution in [1.29, 1.82) is 0 Å². The molecule has 7 nitrogen and oxygen atoms in total. The number of sulfonamides is 1. The molecule has 3 aromatic carbocycles. The number of rotatable bonds is 13. The average Bonchev–Trinajstić information content (AvgIpc) is 2.94. The van der Waals surface area contributed by atoms with Gasteiger partial charge in [0.05, 0.1) is 10.6 Å². The summed E-state index contributed by atoms with van der Waals surface area (Å²) in [6.45, 7) is 5.79. The first-order valence-corrected chi connectivity index (χ1v) is 14.9. The predicted molar refractivity (Wildman–Crippen MR) is 156 cm³/mol. The van der Waals surface area contributed by atoms with Crippen LogP contribution in [0.3, 0.4) is 0 Å². The molecule has 0 spiro atoms. The molecule has 0 saturated carbocycles. The second-order valence-corrected chi connectivity index (χ2v) is 11.7. The summed E-state index contributed by atoms with van der Waals surface area (Å²) in [4.78, 5) is 28.3. The van der Waals surface area contributed by atoms with Gasteiger partial charge in [-0.15, -0.1) is 0 Å². The number of unbranched alkanes of at least 4 members (excludes halogenated alkanes) is 1. The number of hydrogen-bond acceptors (Lipinski definition) is 4. The number of hydrogen-bond donors (Lipinski definition) is 1. The van der Waals surface area contributed by atoms with E-state index in [9.17, 15) is 18.0 Å². The lowest BCUT2D eigenvalue weighted by Crippen LogP contribution is -2.52. The minimum absolute atomic E-state index is 0.0516. The molecule has 0 unspecified atom stereocenters. The molecular weight excluding hydrogens is 534 g/mol. The molecule has 208 valence electrons. The molecule has 0 aromatic heterocycles. The molecule has 3 rings (SSSR count). The third-order valence-electron chi connectivity index (χ3n) is 6.53. The van der Waals surface area contributed by atoms with Gasteiger partial charge < -0.3 is 10.2 Å². The van der Waals surface area contributed by atoms with Crippen LogP contribution in [0.1, 0.15) is 37.8 Å². The van der Waals surface area contributed by atoms with E-state index in [0.29, 0.717) is 18.0 Å². The van der Waals surface area contributed by atoms with Crippen molar-refractivity contribution in [2.24, 2.45) is 0 Å². The van der Waals surface area contributed by atoms with Crippen molar-refractivity contribution in [2.75, 3.05) is 23.9 Å². The summed E-state index contributed by atoms with van der Waals surface area (Å²) < 4.78 is 28.6. The van der Waals surface area contributed by atoms with Crippen molar-refractivity contribution in [3.63, 3.8) is 0 Å². The summed E-state index contributed by atoms with van der Waals surface area (Å²) in [6.07, 6.45) is 2.27. The lowest BCUT2D eigenvalue weighted by atomic mass is 10.1. The highest BCUT2D eigenvalue weighted by atomic mass is 35.5. The number of aryl methyl sites for hydroxylation is 1. The van der Waals surface area contributed by atoms with E-state index in [2.05, 4.69) is 5.32 Å². The Morgan fingerprint density at radius 3 is 2.23 bits per heavy atom. The van der Waals surface area contributed by atoms with Gasteiger partial charge in [-0.2, -0.15) is 0 Å². The maximum atomic E-state index is 13.9. The van der Waals surface area contributed by atoms with Crippen molar-refractivity contribution >= 4 is 39.1 Å². The number of nitrogens with zero attached hydrogens (tertiary/aromatic N) is 2. The summed E-state index contributed by atoms with van der Waals surface area (Å²) in [5.41, 5.74) is 2.06. The van der Waals surface area contributed by atoms with E-state index in [4.69, 9.17) is 11.6 Å². The van der Waals surface area contributed by atoms with Gasteiger partial charge in [0.2, 0.25) is 11.8 Å². The van der Waals surface area contributed by atoms with E-state index in [-0.39, 0.29) is 23.0 Å². The minimum Gasteiger partial charge on any atom is -0.354 e. The lowest BCUT2D eigenvalue weighted by Gasteiger charge is -2.32. The Kier molecular flexibility index (Phi) is 10.9. The summed E-state index contributed by atoms with van der Waals surface area (Å²) in [5.74, 6) is -0.763. The van der Waals surface area contributed by atoms with Gasteiger partial charge in [0.15, 0.2) is 0 Å². The second kappa shape index (κ2) is 14.1. The normalized spacial score (nSPS) is 12.0. The zero-order valence-electron chi connectivity index (χ0n) is 22.6. The first-order valence-electron chi connectivity index (χ1n) is 13.1. The molecular formula is C30H36ClN3O4S. The van der Waals surface area contributed by atoms with Crippen LogP contribution < -0.4 is 9.62 Å². The quantitative estimate of drug-likeness (QED) is 0.286. The maximum Gasteiger partial charge on any atom is 0.264 e. The van der Waals surface area contributed by atoms with Crippen LogP contribution in [0.5, 0.6) is 0 Å². The van der Waals surface area contributed by atoms with E-state index in [1.54, 1.807) is 43.3 Å². The van der Waals surface area contributed by atoms with Crippen LogP contribution in [0.15, 0.2) is 83.8 Å². The minimum atomic E-state index is -4.12. The van der Waals surface area contributed by atoms with E-state index >= 15 is 0 Å². The fourth-order valence-electron chi connectivity index (χ4n) is 4.09. The smallest absolute Gasteiger partial charge is 0.264 e. The Morgan fingerprint density at radius 2 is 1.62 bits per heavy atom. The Bertz CT molecular complexity index is 1350. The fraction of sp³-hybridized carbons (Fsp3) is 0.333. The van der Waals surface area contributed by atoms with Crippen LogP contribution in [0.25, 0.3) is 0 Å². The van der Waals surface area contributed by atoms with E-state index in [0.717, 1.165) is 28.3 Å². The van der Waals surface area contributed by atoms with Crippen molar-refractivity contribution in [1.82, 2.24) is 10.2 Å². The van der Waals surface area contributed by atoms with E-state index in [1.807, 2.05) is 44.2 Å². The van der Waals surface area contributed by atoms with Crippen LogP contribution >= 0.6 is 11.6 Å².